The van der Waals surface area contributed by atoms with Crippen LogP contribution in [0.1, 0.15) is 59.0 Å². The molecule has 0 radical (unpaired) electrons. The van der Waals surface area contributed by atoms with Crippen molar-refractivity contribution in [2.75, 3.05) is 6.61 Å². The molecule has 184 valence electrons. The van der Waals surface area contributed by atoms with Crippen molar-refractivity contribution in [1.82, 2.24) is 0 Å². The monoisotopic (exact) mass is 496 g/mol. The molecule has 0 aromatic heterocycles. The summed E-state index contributed by atoms with van der Waals surface area (Å²) >= 11 is 0. The maximum atomic E-state index is 13.1. The number of phenolic OH excluding ortho intramolecular Hbond substituents is 1. The molecular formula is C27H28O7S. The Morgan fingerprint density at radius 3 is 2.29 bits per heavy atom. The van der Waals surface area contributed by atoms with Crippen LogP contribution in [0, 0.1) is 0 Å². The number of carbonyl (C=O) groups is 2. The second kappa shape index (κ2) is 11.2. The lowest BCUT2D eigenvalue weighted by atomic mass is 10.0. The molecule has 0 aliphatic carbocycles. The molecule has 7 nitrogen and oxygen atoms in total. The van der Waals surface area contributed by atoms with Gasteiger partial charge in [0.2, 0.25) is 9.84 Å². The van der Waals surface area contributed by atoms with E-state index in [1.54, 1.807) is 25.1 Å². The van der Waals surface area contributed by atoms with Crippen LogP contribution in [0.2, 0.25) is 0 Å². The number of aromatic hydroxyl groups is 1. The molecule has 0 saturated carbocycles. The number of phenols is 1. The molecule has 0 aliphatic heterocycles. The van der Waals surface area contributed by atoms with Crippen molar-refractivity contribution in [1.29, 1.82) is 0 Å². The van der Waals surface area contributed by atoms with E-state index in [0.29, 0.717) is 17.7 Å². The van der Waals surface area contributed by atoms with Gasteiger partial charge in [0.15, 0.2) is 5.78 Å². The van der Waals surface area contributed by atoms with Crippen LogP contribution in [-0.4, -0.2) is 31.9 Å². The lowest BCUT2D eigenvalue weighted by Gasteiger charge is -2.15. The van der Waals surface area contributed by atoms with Crippen LogP contribution in [0.5, 0.6) is 11.5 Å². The van der Waals surface area contributed by atoms with E-state index in [9.17, 15) is 23.1 Å². The maximum absolute atomic E-state index is 13.1. The highest BCUT2D eigenvalue weighted by molar-refractivity contribution is 7.91. The van der Waals surface area contributed by atoms with Gasteiger partial charge in [-0.15, -0.1) is 0 Å². The molecule has 0 heterocycles. The fourth-order valence-corrected chi connectivity index (χ4v) is 4.90. The largest absolute Gasteiger partial charge is 0.507 e. The van der Waals surface area contributed by atoms with E-state index in [0.717, 1.165) is 12.0 Å². The van der Waals surface area contributed by atoms with Crippen LogP contribution in [0.15, 0.2) is 70.5 Å². The lowest BCUT2D eigenvalue weighted by Crippen LogP contribution is -2.08. The first-order valence-electron chi connectivity index (χ1n) is 11.3. The van der Waals surface area contributed by atoms with E-state index < -0.39 is 15.8 Å². The summed E-state index contributed by atoms with van der Waals surface area (Å²) < 4.78 is 37.0. The van der Waals surface area contributed by atoms with Crippen molar-refractivity contribution in [2.24, 2.45) is 0 Å². The topological polar surface area (TPSA) is 107 Å². The Labute approximate surface area is 205 Å². The summed E-state index contributed by atoms with van der Waals surface area (Å²) in [7, 11) is -3.84. The van der Waals surface area contributed by atoms with Crippen LogP contribution < -0.4 is 4.74 Å². The SMILES string of the molecule is CCCc1c(OCc2ccc(S(=O)(=O)c3cccc(C(=O)OCC)c3)cc2)ccc(C(C)=O)c1O. The van der Waals surface area contributed by atoms with Crippen LogP contribution in [0.25, 0.3) is 0 Å². The van der Waals surface area contributed by atoms with Gasteiger partial charge in [-0.2, -0.15) is 0 Å². The Hall–Kier alpha value is -3.65. The summed E-state index contributed by atoms with van der Waals surface area (Å²) in [6, 6.07) is 15.2. The summed E-state index contributed by atoms with van der Waals surface area (Å²) in [6.07, 6.45) is 1.31. The molecule has 0 atom stereocenters. The van der Waals surface area contributed by atoms with E-state index in [1.165, 1.54) is 49.4 Å². The van der Waals surface area contributed by atoms with E-state index in [-0.39, 0.29) is 45.7 Å². The molecule has 0 aliphatic rings. The number of esters is 1. The fraction of sp³-hybridized carbons (Fsp3) is 0.259. The third kappa shape index (κ3) is 5.89. The average Bonchev–Trinajstić information content (AvgIpc) is 2.84. The number of hydrogen-bond acceptors (Lipinski definition) is 7. The van der Waals surface area contributed by atoms with Gasteiger partial charge >= 0.3 is 5.97 Å². The molecule has 3 aromatic carbocycles. The Bertz CT molecular complexity index is 1330. The minimum Gasteiger partial charge on any atom is -0.507 e. The van der Waals surface area contributed by atoms with Crippen molar-refractivity contribution < 1.29 is 32.6 Å². The lowest BCUT2D eigenvalue weighted by molar-refractivity contribution is 0.0526. The standard InChI is InChI=1S/C27H28O7S/c1-4-7-24-25(15-14-23(18(3)28)26(24)29)34-17-19-10-12-21(13-11-19)35(31,32)22-9-6-8-20(16-22)27(30)33-5-2/h6,8-16,29H,4-5,7,17H2,1-3H3. The zero-order valence-corrected chi connectivity index (χ0v) is 20.7. The van der Waals surface area contributed by atoms with Gasteiger partial charge in [0.05, 0.1) is 27.5 Å². The Balaban J connectivity index is 1.79. The molecule has 1 N–H and O–H groups in total. The third-order valence-corrected chi connectivity index (χ3v) is 7.17. The van der Waals surface area contributed by atoms with E-state index >= 15 is 0 Å². The Kier molecular flexibility index (Phi) is 8.30. The predicted octanol–water partition coefficient (Wildman–Crippen LogP) is 5.14. The molecule has 35 heavy (non-hydrogen) atoms. The summed E-state index contributed by atoms with van der Waals surface area (Å²) in [6.45, 7) is 5.38. The predicted molar refractivity (Wildman–Crippen MR) is 131 cm³/mol. The highest BCUT2D eigenvalue weighted by Crippen LogP contribution is 2.33. The molecule has 0 bridgehead atoms. The van der Waals surface area contributed by atoms with Gasteiger partial charge in [0, 0.05) is 5.56 Å². The molecule has 3 rings (SSSR count). The molecule has 0 saturated heterocycles. The summed E-state index contributed by atoms with van der Waals surface area (Å²) in [4.78, 5) is 23.8. The number of carbonyl (C=O) groups excluding carboxylic acids is 2. The van der Waals surface area contributed by atoms with Crippen molar-refractivity contribution in [3.05, 3.63) is 82.9 Å². The fourth-order valence-electron chi connectivity index (χ4n) is 3.60. The molecule has 8 heteroatoms. The van der Waals surface area contributed by atoms with E-state index in [1.807, 2.05) is 6.92 Å². The van der Waals surface area contributed by atoms with Gasteiger partial charge in [-0.3, -0.25) is 4.79 Å². The third-order valence-electron chi connectivity index (χ3n) is 5.40. The molecule has 3 aromatic rings. The summed E-state index contributed by atoms with van der Waals surface area (Å²) in [5.74, 6) is -0.400. The van der Waals surface area contributed by atoms with Gasteiger partial charge in [0.1, 0.15) is 18.1 Å². The summed E-state index contributed by atoms with van der Waals surface area (Å²) in [5, 5.41) is 10.5. The first-order chi connectivity index (χ1) is 16.7. The second-order valence-electron chi connectivity index (χ2n) is 7.93. The normalized spacial score (nSPS) is 11.2. The van der Waals surface area contributed by atoms with Gasteiger partial charge in [-0.25, -0.2) is 13.2 Å². The molecule has 0 spiro atoms. The number of sulfone groups is 1. The molecule has 0 unspecified atom stereocenters. The van der Waals surface area contributed by atoms with E-state index in [4.69, 9.17) is 9.47 Å². The first-order valence-corrected chi connectivity index (χ1v) is 12.8. The molecule has 0 fully saturated rings. The average molecular weight is 497 g/mol. The van der Waals surface area contributed by atoms with Crippen molar-refractivity contribution in [3.63, 3.8) is 0 Å². The highest BCUT2D eigenvalue weighted by atomic mass is 32.2. The Morgan fingerprint density at radius 1 is 0.943 bits per heavy atom. The van der Waals surface area contributed by atoms with Crippen LogP contribution in [0.4, 0.5) is 0 Å². The zero-order valence-electron chi connectivity index (χ0n) is 19.9. The highest BCUT2D eigenvalue weighted by Gasteiger charge is 2.20. The maximum Gasteiger partial charge on any atom is 0.338 e. The van der Waals surface area contributed by atoms with Gasteiger partial charge in [0.25, 0.3) is 0 Å². The number of hydrogen-bond donors (Lipinski definition) is 1. The van der Waals surface area contributed by atoms with E-state index in [2.05, 4.69) is 0 Å². The molecular weight excluding hydrogens is 468 g/mol. The van der Waals surface area contributed by atoms with Crippen molar-refractivity contribution >= 4 is 21.6 Å². The van der Waals surface area contributed by atoms with Crippen LogP contribution >= 0.6 is 0 Å². The first kappa shape index (κ1) is 26.0. The van der Waals surface area contributed by atoms with Gasteiger partial charge in [-0.05, 0) is 68.3 Å². The number of Topliss-reactive ketones (excluding diaryl/α,β-unsaturated/α-hetero) is 1. The second-order valence-corrected chi connectivity index (χ2v) is 9.88. The van der Waals surface area contributed by atoms with Gasteiger partial charge < -0.3 is 14.6 Å². The number of ether oxygens (including phenoxy) is 2. The minimum atomic E-state index is -3.84. The smallest absolute Gasteiger partial charge is 0.338 e. The van der Waals surface area contributed by atoms with Crippen LogP contribution in [0.3, 0.4) is 0 Å². The van der Waals surface area contributed by atoms with Crippen molar-refractivity contribution in [3.8, 4) is 11.5 Å². The van der Waals surface area contributed by atoms with Gasteiger partial charge in [-0.1, -0.05) is 31.5 Å². The van der Waals surface area contributed by atoms with Crippen LogP contribution in [-0.2, 0) is 27.6 Å². The number of benzene rings is 3. The van der Waals surface area contributed by atoms with Crippen molar-refractivity contribution in [2.45, 2.75) is 50.0 Å². The minimum absolute atomic E-state index is 0.00250. The number of ketones is 1. The molecule has 0 amide bonds. The number of rotatable bonds is 10. The zero-order chi connectivity index (χ0) is 25.6. The quantitative estimate of drug-likeness (QED) is 0.306. The summed E-state index contributed by atoms with van der Waals surface area (Å²) in [5.41, 5.74) is 1.71. The Morgan fingerprint density at radius 2 is 1.66 bits per heavy atom.